The van der Waals surface area contributed by atoms with Crippen molar-refractivity contribution in [3.8, 4) is 0 Å². The third-order valence-corrected chi connectivity index (χ3v) is 7.56. The van der Waals surface area contributed by atoms with Crippen molar-refractivity contribution in [2.45, 2.75) is 36.3 Å². The Kier molecular flexibility index (Phi) is 7.27. The van der Waals surface area contributed by atoms with E-state index in [1.54, 1.807) is 11.4 Å². The van der Waals surface area contributed by atoms with Crippen LogP contribution in [0.4, 0.5) is 5.69 Å². The molecule has 2 N–H and O–H groups in total. The Bertz CT molecular complexity index is 918. The van der Waals surface area contributed by atoms with E-state index in [4.69, 9.17) is 4.74 Å². The van der Waals surface area contributed by atoms with E-state index in [-0.39, 0.29) is 22.3 Å². The van der Waals surface area contributed by atoms with E-state index in [0.717, 1.165) is 24.2 Å². The van der Waals surface area contributed by atoms with Gasteiger partial charge in [0, 0.05) is 12.2 Å². The molecular formula is C20H24N2O5S2. The lowest BCUT2D eigenvalue weighted by molar-refractivity contribution is -0.124. The maximum absolute atomic E-state index is 12.2. The summed E-state index contributed by atoms with van der Waals surface area (Å²) in [7, 11) is -3.64. The van der Waals surface area contributed by atoms with Crippen molar-refractivity contribution < 1.29 is 22.7 Å². The van der Waals surface area contributed by atoms with Gasteiger partial charge in [-0.2, -0.15) is 0 Å². The molecule has 1 aromatic carbocycles. The van der Waals surface area contributed by atoms with Gasteiger partial charge in [-0.05, 0) is 54.5 Å². The van der Waals surface area contributed by atoms with Gasteiger partial charge < -0.3 is 10.1 Å². The van der Waals surface area contributed by atoms with E-state index < -0.39 is 16.0 Å². The second-order valence-corrected chi connectivity index (χ2v) is 9.86. The molecule has 3 rings (SSSR count). The van der Waals surface area contributed by atoms with Crippen LogP contribution in [0.25, 0.3) is 0 Å². The molecule has 1 fully saturated rings. The van der Waals surface area contributed by atoms with Gasteiger partial charge in [0.15, 0.2) is 6.61 Å². The number of esters is 1. The van der Waals surface area contributed by atoms with E-state index in [9.17, 15) is 18.0 Å². The Labute approximate surface area is 174 Å². The van der Waals surface area contributed by atoms with E-state index in [1.807, 2.05) is 0 Å². The summed E-state index contributed by atoms with van der Waals surface area (Å²) in [5.74, 6) is -0.441. The summed E-state index contributed by atoms with van der Waals surface area (Å²) in [5.41, 5.74) is 0.573. The molecule has 1 heterocycles. The van der Waals surface area contributed by atoms with E-state index >= 15 is 0 Å². The van der Waals surface area contributed by atoms with Crippen LogP contribution in [0.1, 0.15) is 42.5 Å². The van der Waals surface area contributed by atoms with Crippen molar-refractivity contribution in [1.29, 1.82) is 0 Å². The fourth-order valence-corrected chi connectivity index (χ4v) is 5.26. The number of benzene rings is 1. The summed E-state index contributed by atoms with van der Waals surface area (Å²) < 4.78 is 32.1. The molecule has 0 radical (unpaired) electrons. The fourth-order valence-electron chi connectivity index (χ4n) is 3.21. The molecule has 1 aliphatic carbocycles. The smallest absolute Gasteiger partial charge is 0.338 e. The van der Waals surface area contributed by atoms with Gasteiger partial charge >= 0.3 is 5.97 Å². The monoisotopic (exact) mass is 436 g/mol. The Morgan fingerprint density at radius 3 is 2.45 bits per heavy atom. The minimum absolute atomic E-state index is 0.209. The molecule has 0 spiro atoms. The third kappa shape index (κ3) is 6.30. The summed E-state index contributed by atoms with van der Waals surface area (Å²) in [6, 6.07) is 9.03. The fraction of sp³-hybridized carbons (Fsp3) is 0.400. The normalized spacial score (nSPS) is 14.9. The molecule has 0 aliphatic heterocycles. The molecule has 0 saturated heterocycles. The molecule has 1 saturated carbocycles. The Hall–Kier alpha value is -2.39. The van der Waals surface area contributed by atoms with E-state index in [0.29, 0.717) is 18.2 Å². The van der Waals surface area contributed by atoms with Crippen LogP contribution < -0.4 is 10.0 Å². The highest BCUT2D eigenvalue weighted by Crippen LogP contribution is 2.23. The molecular weight excluding hydrogens is 412 g/mol. The molecule has 2 aromatic rings. The molecule has 1 aliphatic rings. The lowest BCUT2D eigenvalue weighted by atomic mass is 9.89. The van der Waals surface area contributed by atoms with Gasteiger partial charge in [0.05, 0.1) is 5.56 Å². The first-order valence-corrected chi connectivity index (χ1v) is 11.9. The van der Waals surface area contributed by atoms with E-state index in [1.165, 1.54) is 49.6 Å². The molecule has 0 bridgehead atoms. The standard InChI is InChI=1S/C20H24N2O5S2/c23-18(21-13-15-5-2-1-3-6-15)14-27-20(24)16-8-10-17(11-9-16)22-29(25,26)19-7-4-12-28-19/h4,7-12,15,22H,1-3,5-6,13-14H2,(H,21,23). The van der Waals surface area contributed by atoms with Crippen LogP contribution in [0.3, 0.4) is 0 Å². The van der Waals surface area contributed by atoms with Crippen molar-refractivity contribution in [3.05, 3.63) is 47.3 Å². The number of carbonyl (C=O) groups is 2. The van der Waals surface area contributed by atoms with Crippen molar-refractivity contribution in [3.63, 3.8) is 0 Å². The first-order valence-electron chi connectivity index (χ1n) is 9.54. The summed E-state index contributed by atoms with van der Waals surface area (Å²) in [4.78, 5) is 24.0. The average Bonchev–Trinajstić information content (AvgIpc) is 3.27. The van der Waals surface area contributed by atoms with Gasteiger partial charge in [-0.1, -0.05) is 25.3 Å². The predicted molar refractivity (Wildman–Crippen MR) is 111 cm³/mol. The largest absolute Gasteiger partial charge is 0.452 e. The topological polar surface area (TPSA) is 102 Å². The molecule has 156 valence electrons. The van der Waals surface area contributed by atoms with Crippen molar-refractivity contribution in [2.24, 2.45) is 5.92 Å². The highest BCUT2D eigenvalue weighted by molar-refractivity contribution is 7.94. The molecule has 0 unspecified atom stereocenters. The molecule has 29 heavy (non-hydrogen) atoms. The Balaban J connectivity index is 1.45. The van der Waals surface area contributed by atoms with Gasteiger partial charge in [-0.3, -0.25) is 9.52 Å². The number of amides is 1. The zero-order valence-corrected chi connectivity index (χ0v) is 17.6. The summed E-state index contributed by atoms with van der Waals surface area (Å²) in [6.07, 6.45) is 5.92. The van der Waals surface area contributed by atoms with Gasteiger partial charge in [0.2, 0.25) is 0 Å². The lowest BCUT2D eigenvalue weighted by Crippen LogP contribution is -2.33. The highest BCUT2D eigenvalue weighted by atomic mass is 32.2. The number of ether oxygens (including phenoxy) is 1. The minimum atomic E-state index is -3.64. The lowest BCUT2D eigenvalue weighted by Gasteiger charge is -2.21. The maximum atomic E-state index is 12.2. The average molecular weight is 437 g/mol. The van der Waals surface area contributed by atoms with Crippen molar-refractivity contribution >= 4 is 38.9 Å². The number of hydrogen-bond donors (Lipinski definition) is 2. The van der Waals surface area contributed by atoms with Gasteiger partial charge in [-0.15, -0.1) is 11.3 Å². The highest BCUT2D eigenvalue weighted by Gasteiger charge is 2.17. The second-order valence-electron chi connectivity index (χ2n) is 7.00. The van der Waals surface area contributed by atoms with Crippen LogP contribution in [0.2, 0.25) is 0 Å². The number of rotatable bonds is 8. The summed E-state index contributed by atoms with van der Waals surface area (Å²) in [5, 5.41) is 4.50. The molecule has 0 atom stereocenters. The molecule has 1 aromatic heterocycles. The first kappa shape index (κ1) is 21.3. The SMILES string of the molecule is O=C(COC(=O)c1ccc(NS(=O)(=O)c2cccs2)cc1)NCC1CCCCC1. The molecule has 9 heteroatoms. The third-order valence-electron chi connectivity index (χ3n) is 4.78. The van der Waals surface area contributed by atoms with Crippen molar-refractivity contribution in [1.82, 2.24) is 5.32 Å². The first-order chi connectivity index (χ1) is 13.9. The van der Waals surface area contributed by atoms with Crippen LogP contribution in [0, 0.1) is 5.92 Å². The van der Waals surface area contributed by atoms with Gasteiger partial charge in [-0.25, -0.2) is 13.2 Å². The zero-order valence-electron chi connectivity index (χ0n) is 15.9. The number of sulfonamides is 1. The Morgan fingerprint density at radius 1 is 1.07 bits per heavy atom. The summed E-state index contributed by atoms with van der Waals surface area (Å²) >= 11 is 1.12. The van der Waals surface area contributed by atoms with Crippen LogP contribution in [0.15, 0.2) is 46.0 Å². The zero-order chi connectivity index (χ0) is 20.7. The molecule has 1 amide bonds. The van der Waals surface area contributed by atoms with Crippen LogP contribution in [-0.4, -0.2) is 33.4 Å². The predicted octanol–water partition coefficient (Wildman–Crippen LogP) is 3.40. The number of nitrogens with one attached hydrogen (secondary N) is 2. The van der Waals surface area contributed by atoms with Gasteiger partial charge in [0.25, 0.3) is 15.9 Å². The minimum Gasteiger partial charge on any atom is -0.452 e. The quantitative estimate of drug-likeness (QED) is 0.618. The molecule has 7 nitrogen and oxygen atoms in total. The maximum Gasteiger partial charge on any atom is 0.338 e. The van der Waals surface area contributed by atoms with Crippen LogP contribution in [-0.2, 0) is 19.6 Å². The van der Waals surface area contributed by atoms with Gasteiger partial charge in [0.1, 0.15) is 4.21 Å². The number of carbonyl (C=O) groups excluding carboxylic acids is 2. The summed E-state index contributed by atoms with van der Waals surface area (Å²) in [6.45, 7) is 0.285. The number of hydrogen-bond acceptors (Lipinski definition) is 6. The van der Waals surface area contributed by atoms with Crippen LogP contribution >= 0.6 is 11.3 Å². The Morgan fingerprint density at radius 2 is 1.79 bits per heavy atom. The second kappa shape index (κ2) is 9.89. The van der Waals surface area contributed by atoms with E-state index in [2.05, 4.69) is 10.0 Å². The van der Waals surface area contributed by atoms with Crippen molar-refractivity contribution in [2.75, 3.05) is 17.9 Å². The van der Waals surface area contributed by atoms with Crippen LogP contribution in [0.5, 0.6) is 0 Å². The number of thiophene rings is 1. The number of anilines is 1.